The molecule has 0 heterocycles. The van der Waals surface area contributed by atoms with Crippen molar-refractivity contribution in [1.29, 1.82) is 0 Å². The maximum absolute atomic E-state index is 10.3. The summed E-state index contributed by atoms with van der Waals surface area (Å²) in [7, 11) is 0. The van der Waals surface area contributed by atoms with E-state index >= 15 is 0 Å². The number of rotatable bonds is 2. The van der Waals surface area contributed by atoms with Crippen molar-refractivity contribution in [3.05, 3.63) is 35.4 Å². The first kappa shape index (κ1) is 13.6. The molecule has 0 radical (unpaired) electrons. The van der Waals surface area contributed by atoms with Crippen LogP contribution in [0.3, 0.4) is 0 Å². The van der Waals surface area contributed by atoms with Crippen molar-refractivity contribution in [2.24, 2.45) is 0 Å². The van der Waals surface area contributed by atoms with Crippen LogP contribution in [-0.4, -0.2) is 30.6 Å². The minimum atomic E-state index is -1.06. The van der Waals surface area contributed by atoms with Gasteiger partial charge < -0.3 is 10.2 Å². The Bertz CT molecular complexity index is 300. The Morgan fingerprint density at radius 3 is 1.20 bits per heavy atom. The average Bonchev–Trinajstić information content (AvgIpc) is 2.19. The molecule has 1 rings (SSSR count). The Kier molecular flexibility index (Phi) is 6.28. The number of carbonyl (C=O) groups is 2. The monoisotopic (exact) mass is 258 g/mol. The summed E-state index contributed by atoms with van der Waals surface area (Å²) in [5.74, 6) is -2.13. The van der Waals surface area contributed by atoms with E-state index in [1.807, 2.05) is 0 Å². The first-order valence-corrected chi connectivity index (χ1v) is 4.34. The summed E-state index contributed by atoms with van der Waals surface area (Å²) in [5.41, 5.74) is 0.167. The molecule has 0 aliphatic heterocycles. The van der Waals surface area contributed by atoms with Gasteiger partial charge in [0.2, 0.25) is 0 Å². The Morgan fingerprint density at radius 2 is 1.07 bits per heavy atom. The molecule has 0 bridgehead atoms. The van der Waals surface area contributed by atoms with Crippen molar-refractivity contribution in [1.82, 2.24) is 0 Å². The van der Waals surface area contributed by atoms with E-state index in [2.05, 4.69) is 0 Å². The van der Waals surface area contributed by atoms with Crippen LogP contribution >= 0.6 is 0 Å². The van der Waals surface area contributed by atoms with Crippen LogP contribution in [0.1, 0.15) is 20.7 Å². The Hall–Kier alpha value is -1.43. The van der Waals surface area contributed by atoms with Crippen molar-refractivity contribution in [2.45, 2.75) is 0 Å². The third-order valence-corrected chi connectivity index (χ3v) is 1.38. The van der Waals surface area contributed by atoms with Crippen molar-refractivity contribution in [2.75, 3.05) is 0 Å². The van der Waals surface area contributed by atoms with Gasteiger partial charge in [0.05, 0.1) is 11.1 Å². The van der Waals surface area contributed by atoms with Crippen LogP contribution in [-0.2, 0) is 15.1 Å². The van der Waals surface area contributed by atoms with Gasteiger partial charge in [0.15, 0.2) is 0 Å². The van der Waals surface area contributed by atoms with Gasteiger partial charge in [-0.3, -0.25) is 0 Å². The number of hydrogen-bond donors (Lipinski definition) is 4. The molecule has 0 spiro atoms. The van der Waals surface area contributed by atoms with Gasteiger partial charge in [-0.15, -0.1) is 0 Å². The van der Waals surface area contributed by atoms with Gasteiger partial charge in [-0.2, -0.15) is 0 Å². The van der Waals surface area contributed by atoms with Crippen LogP contribution in [0.25, 0.3) is 0 Å². The Labute approximate surface area is 91.2 Å². The van der Waals surface area contributed by atoms with Gasteiger partial charge in [0.25, 0.3) is 0 Å². The predicted octanol–water partition coefficient (Wildman–Crippen LogP) is -0.0335. The van der Waals surface area contributed by atoms with E-state index in [0.717, 1.165) is 0 Å². The molecular formula is C8H8NiO6. The summed E-state index contributed by atoms with van der Waals surface area (Å²) in [5, 5.41) is 16.9. The normalized spacial score (nSPS) is 8.93. The van der Waals surface area contributed by atoms with Crippen molar-refractivity contribution in [3.63, 3.8) is 0 Å². The third-order valence-electron chi connectivity index (χ3n) is 1.38. The molecule has 0 aliphatic rings. The summed E-state index contributed by atoms with van der Waals surface area (Å²) < 4.78 is 14.1. The molecule has 1 aromatic carbocycles. The summed E-state index contributed by atoms with van der Waals surface area (Å²) in [6.45, 7) is 0. The van der Waals surface area contributed by atoms with E-state index in [-0.39, 0.29) is 26.2 Å². The van der Waals surface area contributed by atoms with Gasteiger partial charge >= 0.3 is 35.5 Å². The summed E-state index contributed by atoms with van der Waals surface area (Å²) in [6.07, 6.45) is 0. The SMILES string of the molecule is O=C(O)c1ccc(C(=O)O)cc1.[OH][Ni][OH]. The van der Waals surface area contributed by atoms with Crippen LogP contribution in [0, 0.1) is 0 Å². The van der Waals surface area contributed by atoms with E-state index < -0.39 is 11.9 Å². The average molecular weight is 259 g/mol. The summed E-state index contributed by atoms with van der Waals surface area (Å²) in [6, 6.07) is 5.02. The second kappa shape index (κ2) is 6.94. The molecule has 15 heavy (non-hydrogen) atoms. The van der Waals surface area contributed by atoms with Crippen LogP contribution in [0.5, 0.6) is 0 Å². The number of carboxylic acids is 2. The zero-order chi connectivity index (χ0) is 11.8. The molecule has 4 N–H and O–H groups in total. The fourth-order valence-corrected chi connectivity index (χ4v) is 0.755. The molecule has 0 saturated carbocycles. The molecule has 0 fully saturated rings. The van der Waals surface area contributed by atoms with Gasteiger partial charge in [0, 0.05) is 0 Å². The number of hydrogen-bond acceptors (Lipinski definition) is 4. The number of carboxylic acid groups (broad SMARTS) is 2. The summed E-state index contributed by atoms with van der Waals surface area (Å²) >= 11 is -0.375. The van der Waals surface area contributed by atoms with Crippen molar-refractivity contribution < 1.29 is 43.4 Å². The molecule has 0 atom stereocenters. The van der Waals surface area contributed by atoms with E-state index in [0.29, 0.717) is 0 Å². The van der Waals surface area contributed by atoms with Gasteiger partial charge in [-0.1, -0.05) is 0 Å². The molecule has 0 unspecified atom stereocenters. The second-order valence-electron chi connectivity index (χ2n) is 2.25. The standard InChI is InChI=1S/C8H6O4.Ni.2H2O/c9-7(10)5-1-2-6(4-3-5)8(11)12;;;/h1-4H,(H,9,10)(H,11,12);;2*1H2/q;+2;;/p-2. The van der Waals surface area contributed by atoms with Crippen LogP contribution in [0.15, 0.2) is 24.3 Å². The van der Waals surface area contributed by atoms with E-state index in [1.165, 1.54) is 24.3 Å². The van der Waals surface area contributed by atoms with Gasteiger partial charge in [-0.05, 0) is 24.3 Å². The topological polar surface area (TPSA) is 115 Å². The third kappa shape index (κ3) is 5.12. The molecule has 0 amide bonds. The molecular weight excluding hydrogens is 251 g/mol. The second-order valence-corrected chi connectivity index (χ2v) is 2.45. The fraction of sp³-hybridized carbons (Fsp3) is 0. The quantitative estimate of drug-likeness (QED) is 0.554. The first-order chi connectivity index (χ1) is 7.02. The molecule has 0 saturated heterocycles. The minimum absolute atomic E-state index is 0.0833. The van der Waals surface area contributed by atoms with E-state index in [9.17, 15) is 9.59 Å². The summed E-state index contributed by atoms with van der Waals surface area (Å²) in [4.78, 5) is 20.7. The molecule has 6 nitrogen and oxygen atoms in total. The van der Waals surface area contributed by atoms with Crippen molar-refractivity contribution in [3.8, 4) is 0 Å². The maximum atomic E-state index is 10.3. The van der Waals surface area contributed by atoms with E-state index in [1.54, 1.807) is 0 Å². The fourth-order valence-electron chi connectivity index (χ4n) is 0.755. The Balaban J connectivity index is 0.000000583. The van der Waals surface area contributed by atoms with Crippen LogP contribution < -0.4 is 0 Å². The number of benzene rings is 1. The van der Waals surface area contributed by atoms with Crippen LogP contribution in [0.4, 0.5) is 0 Å². The molecule has 1 aromatic rings. The van der Waals surface area contributed by atoms with Crippen molar-refractivity contribution >= 4 is 11.9 Å². The molecule has 0 aliphatic carbocycles. The predicted molar refractivity (Wildman–Crippen MR) is 44.8 cm³/mol. The first-order valence-electron chi connectivity index (χ1n) is 3.46. The van der Waals surface area contributed by atoms with E-state index in [4.69, 9.17) is 18.7 Å². The molecule has 0 aromatic heterocycles. The van der Waals surface area contributed by atoms with Gasteiger partial charge in [0.1, 0.15) is 0 Å². The Morgan fingerprint density at radius 1 is 0.867 bits per heavy atom. The number of aromatic carboxylic acids is 2. The zero-order valence-corrected chi connectivity index (χ0v) is 8.22. The van der Waals surface area contributed by atoms with Gasteiger partial charge in [-0.25, -0.2) is 9.59 Å². The molecule has 7 heteroatoms. The molecule has 86 valence electrons. The van der Waals surface area contributed by atoms with Crippen LogP contribution in [0.2, 0.25) is 0 Å². The zero-order valence-electron chi connectivity index (χ0n) is 7.23.